The minimum atomic E-state index is -1.09. The van der Waals surface area contributed by atoms with Gasteiger partial charge in [-0.25, -0.2) is 4.39 Å². The number of nitrogens with zero attached hydrogens (tertiary/aromatic N) is 1. The molecule has 2 N–H and O–H groups in total. The van der Waals surface area contributed by atoms with E-state index in [0.717, 1.165) is 0 Å². The smallest absolute Gasteiger partial charge is 0.305 e. The number of hydrogen-bond acceptors (Lipinski definition) is 3. The quantitative estimate of drug-likeness (QED) is 0.729. The van der Waals surface area contributed by atoms with Gasteiger partial charge in [0.15, 0.2) is 0 Å². The molecule has 2 rings (SSSR count). The van der Waals surface area contributed by atoms with Crippen LogP contribution >= 0.6 is 0 Å². The first-order valence-electron chi connectivity index (χ1n) is 9.03. The van der Waals surface area contributed by atoms with Gasteiger partial charge < -0.3 is 15.3 Å². The SMILES string of the molecule is CCN(CC)C(=O)c1ccc(C(=O)NC(CC(=O)O)c2ccc(F)cc2)cc1. The first-order chi connectivity index (χ1) is 13.3. The van der Waals surface area contributed by atoms with Gasteiger partial charge in [0.05, 0.1) is 12.5 Å². The first kappa shape index (κ1) is 21.1. The molecule has 148 valence electrons. The molecule has 28 heavy (non-hydrogen) atoms. The minimum absolute atomic E-state index is 0.118. The zero-order valence-electron chi connectivity index (χ0n) is 15.8. The second-order valence-electron chi connectivity index (χ2n) is 6.23. The highest BCUT2D eigenvalue weighted by molar-refractivity contribution is 5.98. The Bertz CT molecular complexity index is 830. The van der Waals surface area contributed by atoms with E-state index in [4.69, 9.17) is 5.11 Å². The Morgan fingerprint density at radius 1 is 0.964 bits per heavy atom. The van der Waals surface area contributed by atoms with Gasteiger partial charge >= 0.3 is 5.97 Å². The van der Waals surface area contributed by atoms with Gasteiger partial charge in [-0.3, -0.25) is 14.4 Å². The number of carbonyl (C=O) groups is 3. The Morgan fingerprint density at radius 3 is 2.00 bits per heavy atom. The third-order valence-electron chi connectivity index (χ3n) is 4.40. The van der Waals surface area contributed by atoms with E-state index >= 15 is 0 Å². The summed E-state index contributed by atoms with van der Waals surface area (Å²) >= 11 is 0. The van der Waals surface area contributed by atoms with Crippen LogP contribution < -0.4 is 5.32 Å². The van der Waals surface area contributed by atoms with Gasteiger partial charge in [0.25, 0.3) is 11.8 Å². The molecular weight excluding hydrogens is 363 g/mol. The number of rotatable bonds is 8. The molecule has 2 amide bonds. The zero-order chi connectivity index (χ0) is 20.7. The van der Waals surface area contributed by atoms with Gasteiger partial charge in [0.2, 0.25) is 0 Å². The molecule has 0 heterocycles. The van der Waals surface area contributed by atoms with Gasteiger partial charge in [0.1, 0.15) is 5.82 Å². The molecule has 6 nitrogen and oxygen atoms in total. The van der Waals surface area contributed by atoms with Crippen molar-refractivity contribution in [1.82, 2.24) is 10.2 Å². The summed E-state index contributed by atoms with van der Waals surface area (Å²) in [5.74, 6) is -2.13. The number of halogens is 1. The fraction of sp³-hybridized carbons (Fsp3) is 0.286. The lowest BCUT2D eigenvalue weighted by molar-refractivity contribution is -0.137. The van der Waals surface area contributed by atoms with E-state index in [1.165, 1.54) is 36.4 Å². The van der Waals surface area contributed by atoms with Crippen molar-refractivity contribution in [3.05, 3.63) is 71.0 Å². The van der Waals surface area contributed by atoms with Crippen LogP contribution in [0.5, 0.6) is 0 Å². The standard InChI is InChI=1S/C21H23FN2O4/c1-3-24(4-2)21(28)16-7-5-15(6-8-16)20(27)23-18(13-19(25)26)14-9-11-17(22)12-10-14/h5-12,18H,3-4,13H2,1-2H3,(H,23,27)(H,25,26). The van der Waals surface area contributed by atoms with Crippen molar-refractivity contribution in [3.8, 4) is 0 Å². The lowest BCUT2D eigenvalue weighted by atomic mass is 10.0. The van der Waals surface area contributed by atoms with Crippen LogP contribution in [0.1, 0.15) is 52.6 Å². The van der Waals surface area contributed by atoms with E-state index in [-0.39, 0.29) is 12.3 Å². The van der Waals surface area contributed by atoms with E-state index in [0.29, 0.717) is 29.8 Å². The number of amides is 2. The third kappa shape index (κ3) is 5.39. The topological polar surface area (TPSA) is 86.7 Å². The zero-order valence-corrected chi connectivity index (χ0v) is 15.8. The molecule has 1 unspecified atom stereocenters. The van der Waals surface area contributed by atoms with Crippen LogP contribution in [0.25, 0.3) is 0 Å². The molecule has 2 aromatic rings. The van der Waals surface area contributed by atoms with Crippen molar-refractivity contribution in [3.63, 3.8) is 0 Å². The monoisotopic (exact) mass is 386 g/mol. The molecule has 1 atom stereocenters. The van der Waals surface area contributed by atoms with Crippen LogP contribution in [0.2, 0.25) is 0 Å². The fourth-order valence-corrected chi connectivity index (χ4v) is 2.82. The molecule has 0 saturated carbocycles. The summed E-state index contributed by atoms with van der Waals surface area (Å²) in [6.45, 7) is 4.96. The van der Waals surface area contributed by atoms with Crippen LogP contribution in [0.15, 0.2) is 48.5 Å². The third-order valence-corrected chi connectivity index (χ3v) is 4.40. The Balaban J connectivity index is 2.15. The van der Waals surface area contributed by atoms with Crippen LogP contribution in [0.3, 0.4) is 0 Å². The Kier molecular flexibility index (Phi) is 7.26. The van der Waals surface area contributed by atoms with Crippen molar-refractivity contribution in [2.24, 2.45) is 0 Å². The number of carboxylic acid groups (broad SMARTS) is 1. The predicted molar refractivity (Wildman–Crippen MR) is 103 cm³/mol. The second kappa shape index (κ2) is 9.64. The molecule has 0 aromatic heterocycles. The average molecular weight is 386 g/mol. The predicted octanol–water partition coefficient (Wildman–Crippen LogP) is 3.25. The number of carbonyl (C=O) groups excluding carboxylic acids is 2. The van der Waals surface area contributed by atoms with Crippen LogP contribution in [0.4, 0.5) is 4.39 Å². The van der Waals surface area contributed by atoms with Crippen molar-refractivity contribution >= 4 is 17.8 Å². The van der Waals surface area contributed by atoms with E-state index < -0.39 is 23.7 Å². The molecular formula is C21H23FN2O4. The summed E-state index contributed by atoms with van der Waals surface area (Å²) in [5.41, 5.74) is 1.26. The fourth-order valence-electron chi connectivity index (χ4n) is 2.82. The van der Waals surface area contributed by atoms with E-state index in [1.54, 1.807) is 17.0 Å². The number of carboxylic acids is 1. The summed E-state index contributed by atoms with van der Waals surface area (Å²) in [6.07, 6.45) is -0.337. The lowest BCUT2D eigenvalue weighted by Crippen LogP contribution is -2.31. The van der Waals surface area contributed by atoms with Crippen molar-refractivity contribution in [1.29, 1.82) is 0 Å². The van der Waals surface area contributed by atoms with Gasteiger partial charge in [-0.2, -0.15) is 0 Å². The van der Waals surface area contributed by atoms with Crippen molar-refractivity contribution in [2.45, 2.75) is 26.3 Å². The molecule has 0 aliphatic heterocycles. The summed E-state index contributed by atoms with van der Waals surface area (Å²) in [6, 6.07) is 10.7. The van der Waals surface area contributed by atoms with Crippen LogP contribution in [-0.2, 0) is 4.79 Å². The Labute approximate surface area is 163 Å². The molecule has 0 radical (unpaired) electrons. The largest absolute Gasteiger partial charge is 0.481 e. The molecule has 0 aliphatic carbocycles. The highest BCUT2D eigenvalue weighted by Crippen LogP contribution is 2.18. The molecule has 0 bridgehead atoms. The van der Waals surface area contributed by atoms with Crippen LogP contribution in [0, 0.1) is 5.82 Å². The van der Waals surface area contributed by atoms with Gasteiger partial charge in [-0.15, -0.1) is 0 Å². The number of hydrogen-bond donors (Lipinski definition) is 2. The first-order valence-corrected chi connectivity index (χ1v) is 9.03. The highest BCUT2D eigenvalue weighted by atomic mass is 19.1. The number of benzene rings is 2. The molecule has 7 heteroatoms. The Hall–Kier alpha value is -3.22. The maximum atomic E-state index is 13.1. The number of aliphatic carboxylic acids is 1. The summed E-state index contributed by atoms with van der Waals surface area (Å²) in [4.78, 5) is 37.7. The van der Waals surface area contributed by atoms with Gasteiger partial charge in [0, 0.05) is 24.2 Å². The van der Waals surface area contributed by atoms with Gasteiger partial charge in [-0.1, -0.05) is 12.1 Å². The van der Waals surface area contributed by atoms with Crippen molar-refractivity contribution < 1.29 is 23.9 Å². The van der Waals surface area contributed by atoms with Crippen molar-refractivity contribution in [2.75, 3.05) is 13.1 Å². The normalized spacial score (nSPS) is 11.5. The summed E-state index contributed by atoms with van der Waals surface area (Å²) in [7, 11) is 0. The Morgan fingerprint density at radius 2 is 1.50 bits per heavy atom. The molecule has 2 aromatic carbocycles. The van der Waals surface area contributed by atoms with E-state index in [2.05, 4.69) is 5.32 Å². The lowest BCUT2D eigenvalue weighted by Gasteiger charge is -2.19. The molecule has 0 aliphatic rings. The van der Waals surface area contributed by atoms with E-state index in [9.17, 15) is 18.8 Å². The maximum Gasteiger partial charge on any atom is 0.305 e. The maximum absolute atomic E-state index is 13.1. The summed E-state index contributed by atoms with van der Waals surface area (Å²) < 4.78 is 13.1. The average Bonchev–Trinajstić information content (AvgIpc) is 2.68. The summed E-state index contributed by atoms with van der Waals surface area (Å²) in [5, 5.41) is 11.8. The highest BCUT2D eigenvalue weighted by Gasteiger charge is 2.20. The van der Waals surface area contributed by atoms with E-state index in [1.807, 2.05) is 13.8 Å². The molecule has 0 saturated heterocycles. The molecule has 0 spiro atoms. The minimum Gasteiger partial charge on any atom is -0.481 e. The number of nitrogens with one attached hydrogen (secondary N) is 1. The van der Waals surface area contributed by atoms with Crippen LogP contribution in [-0.4, -0.2) is 40.9 Å². The van der Waals surface area contributed by atoms with Gasteiger partial charge in [-0.05, 0) is 55.8 Å². The second-order valence-corrected chi connectivity index (χ2v) is 6.23. The molecule has 0 fully saturated rings.